The molecule has 1 N–H and O–H groups in total. The highest BCUT2D eigenvalue weighted by Gasteiger charge is 2.23. The standard InChI is InChI=1S/C22H23FN2O2/c1-15-11-16(2)22-17(13-21(26)27-20(22)12-15)14-24-7-9-25(10-8-24)19-6-4-3-5-18(19)23/h3-6,11-13H,7-10,14H2,1-2H3/p+1. The zero-order chi connectivity index (χ0) is 19.0. The molecule has 2 aromatic carbocycles. The van der Waals surface area contributed by atoms with Crippen molar-refractivity contribution in [2.45, 2.75) is 20.4 Å². The molecule has 27 heavy (non-hydrogen) atoms. The van der Waals surface area contributed by atoms with E-state index in [0.717, 1.165) is 54.8 Å². The highest BCUT2D eigenvalue weighted by molar-refractivity contribution is 5.84. The van der Waals surface area contributed by atoms with Crippen LogP contribution in [0.5, 0.6) is 0 Å². The molecular weight excluding hydrogens is 343 g/mol. The number of anilines is 1. The van der Waals surface area contributed by atoms with Gasteiger partial charge >= 0.3 is 5.63 Å². The number of benzene rings is 2. The lowest BCUT2D eigenvalue weighted by atomic mass is 10.0. The summed E-state index contributed by atoms with van der Waals surface area (Å²) in [4.78, 5) is 15.5. The van der Waals surface area contributed by atoms with Crippen LogP contribution in [0.2, 0.25) is 0 Å². The number of hydrogen-bond acceptors (Lipinski definition) is 3. The molecule has 3 aromatic rings. The second kappa shape index (κ2) is 7.16. The summed E-state index contributed by atoms with van der Waals surface area (Å²) in [7, 11) is 0. The summed E-state index contributed by atoms with van der Waals surface area (Å²) in [6.07, 6.45) is 0. The molecule has 0 saturated carbocycles. The van der Waals surface area contributed by atoms with Crippen LogP contribution in [0.1, 0.15) is 16.7 Å². The van der Waals surface area contributed by atoms with Gasteiger partial charge in [0.05, 0.1) is 31.9 Å². The van der Waals surface area contributed by atoms with E-state index < -0.39 is 0 Å². The Bertz CT molecular complexity index is 1040. The fourth-order valence-corrected chi connectivity index (χ4v) is 4.13. The number of nitrogens with one attached hydrogen (secondary N) is 1. The smallest absolute Gasteiger partial charge is 0.336 e. The second-order valence-corrected chi connectivity index (χ2v) is 7.41. The zero-order valence-electron chi connectivity index (χ0n) is 15.7. The number of quaternary nitrogens is 1. The summed E-state index contributed by atoms with van der Waals surface area (Å²) in [6, 6.07) is 12.6. The number of nitrogens with zero attached hydrogens (tertiary/aromatic N) is 1. The van der Waals surface area contributed by atoms with Gasteiger partial charge in [0, 0.05) is 17.0 Å². The lowest BCUT2D eigenvalue weighted by Crippen LogP contribution is -3.13. The Labute approximate surface area is 157 Å². The largest absolute Gasteiger partial charge is 0.423 e. The van der Waals surface area contributed by atoms with E-state index in [-0.39, 0.29) is 11.4 Å². The number of fused-ring (bicyclic) bond motifs is 1. The fourth-order valence-electron chi connectivity index (χ4n) is 4.13. The number of halogens is 1. The van der Waals surface area contributed by atoms with Crippen LogP contribution >= 0.6 is 0 Å². The van der Waals surface area contributed by atoms with E-state index in [1.165, 1.54) is 11.0 Å². The van der Waals surface area contributed by atoms with E-state index in [4.69, 9.17) is 4.42 Å². The van der Waals surface area contributed by atoms with Gasteiger partial charge in [-0.05, 0) is 43.2 Å². The van der Waals surface area contributed by atoms with Crippen molar-refractivity contribution in [3.63, 3.8) is 0 Å². The molecule has 0 bridgehead atoms. The Morgan fingerprint density at radius 2 is 1.85 bits per heavy atom. The molecule has 1 aromatic heterocycles. The monoisotopic (exact) mass is 367 g/mol. The summed E-state index contributed by atoms with van der Waals surface area (Å²) >= 11 is 0. The van der Waals surface area contributed by atoms with Crippen molar-refractivity contribution >= 4 is 16.7 Å². The first-order valence-corrected chi connectivity index (χ1v) is 9.38. The molecule has 0 aliphatic carbocycles. The molecule has 4 rings (SSSR count). The third-order valence-electron chi connectivity index (χ3n) is 5.37. The molecule has 1 aliphatic heterocycles. The molecule has 1 aliphatic rings. The second-order valence-electron chi connectivity index (χ2n) is 7.41. The van der Waals surface area contributed by atoms with Crippen LogP contribution in [0.4, 0.5) is 10.1 Å². The lowest BCUT2D eigenvalue weighted by molar-refractivity contribution is -0.914. The normalized spacial score (nSPS) is 15.4. The zero-order valence-corrected chi connectivity index (χ0v) is 15.7. The van der Waals surface area contributed by atoms with Crippen molar-refractivity contribution in [3.05, 3.63) is 75.4 Å². The van der Waals surface area contributed by atoms with Gasteiger partial charge in [0.15, 0.2) is 0 Å². The van der Waals surface area contributed by atoms with E-state index in [0.29, 0.717) is 11.3 Å². The molecule has 0 radical (unpaired) electrons. The molecular formula is C22H24FN2O2+. The van der Waals surface area contributed by atoms with E-state index in [1.54, 1.807) is 12.1 Å². The van der Waals surface area contributed by atoms with Gasteiger partial charge < -0.3 is 14.2 Å². The van der Waals surface area contributed by atoms with E-state index in [9.17, 15) is 9.18 Å². The number of aryl methyl sites for hydroxylation is 2. The Hall–Kier alpha value is -2.66. The highest BCUT2D eigenvalue weighted by Crippen LogP contribution is 2.23. The molecule has 0 spiro atoms. The minimum absolute atomic E-state index is 0.168. The topological polar surface area (TPSA) is 37.9 Å². The average Bonchev–Trinajstić information content (AvgIpc) is 2.62. The summed E-state index contributed by atoms with van der Waals surface area (Å²) in [5, 5.41) is 1.05. The summed E-state index contributed by atoms with van der Waals surface area (Å²) in [6.45, 7) is 8.25. The van der Waals surface area contributed by atoms with Crippen molar-refractivity contribution in [1.82, 2.24) is 0 Å². The van der Waals surface area contributed by atoms with Crippen molar-refractivity contribution in [2.75, 3.05) is 31.1 Å². The molecule has 1 fully saturated rings. The quantitative estimate of drug-likeness (QED) is 0.723. The average molecular weight is 367 g/mol. The predicted octanol–water partition coefficient (Wildman–Crippen LogP) is 2.45. The van der Waals surface area contributed by atoms with Crippen molar-refractivity contribution < 1.29 is 13.7 Å². The first kappa shape index (κ1) is 17.7. The fraction of sp³-hybridized carbons (Fsp3) is 0.318. The molecule has 2 heterocycles. The van der Waals surface area contributed by atoms with Gasteiger partial charge in [0.25, 0.3) is 0 Å². The first-order chi connectivity index (χ1) is 13.0. The van der Waals surface area contributed by atoms with Crippen LogP contribution in [0.15, 0.2) is 51.7 Å². The van der Waals surface area contributed by atoms with Crippen molar-refractivity contribution in [1.29, 1.82) is 0 Å². The maximum Gasteiger partial charge on any atom is 0.336 e. The van der Waals surface area contributed by atoms with Gasteiger partial charge in [-0.15, -0.1) is 0 Å². The summed E-state index contributed by atoms with van der Waals surface area (Å²) in [5.74, 6) is -0.168. The van der Waals surface area contributed by atoms with Crippen LogP contribution in [-0.4, -0.2) is 26.2 Å². The van der Waals surface area contributed by atoms with Gasteiger partial charge in [-0.3, -0.25) is 0 Å². The summed E-state index contributed by atoms with van der Waals surface area (Å²) < 4.78 is 19.4. The maximum absolute atomic E-state index is 14.0. The Morgan fingerprint density at radius 3 is 2.59 bits per heavy atom. The van der Waals surface area contributed by atoms with E-state index in [2.05, 4.69) is 17.9 Å². The minimum atomic E-state index is -0.299. The third-order valence-corrected chi connectivity index (χ3v) is 5.37. The molecule has 1 saturated heterocycles. The number of para-hydroxylation sites is 1. The van der Waals surface area contributed by atoms with Gasteiger partial charge in [0.1, 0.15) is 17.9 Å². The molecule has 4 nitrogen and oxygen atoms in total. The third kappa shape index (κ3) is 3.60. The number of piperazine rings is 1. The first-order valence-electron chi connectivity index (χ1n) is 9.38. The van der Waals surface area contributed by atoms with Gasteiger partial charge in [-0.2, -0.15) is 0 Å². The SMILES string of the molecule is Cc1cc(C)c2c(C[NH+]3CCN(c4ccccc4F)CC3)cc(=O)oc2c1. The Morgan fingerprint density at radius 1 is 1.11 bits per heavy atom. The van der Waals surface area contributed by atoms with Gasteiger partial charge in [-0.1, -0.05) is 18.2 Å². The van der Waals surface area contributed by atoms with Crippen LogP contribution in [0.3, 0.4) is 0 Å². The summed E-state index contributed by atoms with van der Waals surface area (Å²) in [5.41, 5.74) is 4.30. The van der Waals surface area contributed by atoms with Crippen molar-refractivity contribution in [3.8, 4) is 0 Å². The molecule has 0 unspecified atom stereocenters. The molecule has 0 atom stereocenters. The number of hydrogen-bond donors (Lipinski definition) is 1. The molecule has 5 heteroatoms. The maximum atomic E-state index is 14.0. The van der Waals surface area contributed by atoms with Crippen LogP contribution in [0.25, 0.3) is 11.0 Å². The van der Waals surface area contributed by atoms with Crippen LogP contribution < -0.4 is 15.4 Å². The van der Waals surface area contributed by atoms with Crippen LogP contribution in [0, 0.1) is 19.7 Å². The predicted molar refractivity (Wildman–Crippen MR) is 105 cm³/mol. The van der Waals surface area contributed by atoms with E-state index >= 15 is 0 Å². The highest BCUT2D eigenvalue weighted by atomic mass is 19.1. The van der Waals surface area contributed by atoms with Crippen LogP contribution in [-0.2, 0) is 6.54 Å². The number of rotatable bonds is 3. The van der Waals surface area contributed by atoms with E-state index in [1.807, 2.05) is 25.1 Å². The van der Waals surface area contributed by atoms with Crippen molar-refractivity contribution in [2.24, 2.45) is 0 Å². The molecule has 0 amide bonds. The Balaban J connectivity index is 1.54. The molecule has 140 valence electrons. The van der Waals surface area contributed by atoms with Gasteiger partial charge in [0.2, 0.25) is 0 Å². The van der Waals surface area contributed by atoms with Gasteiger partial charge in [-0.25, -0.2) is 9.18 Å². The Kier molecular flexibility index (Phi) is 4.70. The lowest BCUT2D eigenvalue weighted by Gasteiger charge is -2.34. The minimum Gasteiger partial charge on any atom is -0.423 e.